The summed E-state index contributed by atoms with van der Waals surface area (Å²) in [5, 5.41) is 0. The van der Waals surface area contributed by atoms with Gasteiger partial charge in [0.05, 0.1) is 13.2 Å². The highest BCUT2D eigenvalue weighted by Gasteiger charge is 2.10. The van der Waals surface area contributed by atoms with Crippen LogP contribution in [0.5, 0.6) is 11.5 Å². The van der Waals surface area contributed by atoms with Crippen molar-refractivity contribution in [2.24, 2.45) is 0 Å². The van der Waals surface area contributed by atoms with Gasteiger partial charge in [-0.15, -0.1) is 0 Å². The molecule has 0 saturated heterocycles. The summed E-state index contributed by atoms with van der Waals surface area (Å²) in [5.74, 6) is 1.88. The molecule has 0 N–H and O–H groups in total. The summed E-state index contributed by atoms with van der Waals surface area (Å²) in [6.45, 7) is 6.09. The maximum atomic E-state index is 6.36. The predicted octanol–water partition coefficient (Wildman–Crippen LogP) is 12.8. The second-order valence-corrected chi connectivity index (χ2v) is 12.3. The van der Waals surface area contributed by atoms with Crippen molar-refractivity contribution in [3.05, 3.63) is 71.2 Å². The largest absolute Gasteiger partial charge is 0.494 e. The van der Waals surface area contributed by atoms with Crippen molar-refractivity contribution in [2.45, 2.75) is 117 Å². The second kappa shape index (κ2) is 20.6. The molecule has 3 heteroatoms. The van der Waals surface area contributed by atoms with Crippen LogP contribution in [0.15, 0.2) is 71.2 Å². The van der Waals surface area contributed by atoms with Crippen molar-refractivity contribution < 1.29 is 9.47 Å². The molecule has 2 nitrogen and oxygen atoms in total. The average molecular weight is 622 g/mol. The molecule has 41 heavy (non-hydrogen) atoms. The lowest BCUT2D eigenvalue weighted by Crippen LogP contribution is -2.01. The van der Waals surface area contributed by atoms with Crippen molar-refractivity contribution in [2.75, 3.05) is 13.2 Å². The molecule has 3 rings (SSSR count). The summed E-state index contributed by atoms with van der Waals surface area (Å²) in [4.78, 5) is 0. The molecule has 0 fully saturated rings. The van der Waals surface area contributed by atoms with Crippen LogP contribution in [0.4, 0.5) is 0 Å². The molecule has 0 bridgehead atoms. The topological polar surface area (TPSA) is 18.5 Å². The van der Waals surface area contributed by atoms with Gasteiger partial charge in [0.15, 0.2) is 0 Å². The first-order valence-electron chi connectivity index (χ1n) is 16.5. The van der Waals surface area contributed by atoms with E-state index in [1.807, 2.05) is 0 Å². The van der Waals surface area contributed by atoms with Crippen molar-refractivity contribution in [1.82, 2.24) is 0 Å². The molecule has 0 spiro atoms. The van der Waals surface area contributed by atoms with Gasteiger partial charge in [-0.2, -0.15) is 0 Å². The number of rotatable bonds is 22. The van der Waals surface area contributed by atoms with Crippen LogP contribution in [0.3, 0.4) is 0 Å². The molecular weight excluding hydrogens is 568 g/mol. The van der Waals surface area contributed by atoms with Gasteiger partial charge in [-0.25, -0.2) is 0 Å². The zero-order chi connectivity index (χ0) is 29.0. The molecule has 0 saturated carbocycles. The van der Waals surface area contributed by atoms with Crippen LogP contribution in [-0.2, 0) is 0 Å². The highest BCUT2D eigenvalue weighted by molar-refractivity contribution is 9.10. The first kappa shape index (κ1) is 33.2. The van der Waals surface area contributed by atoms with Crippen molar-refractivity contribution in [3.8, 4) is 33.8 Å². The number of benzene rings is 3. The molecular formula is C38H53BrO2. The molecule has 3 aromatic rings. The van der Waals surface area contributed by atoms with E-state index in [9.17, 15) is 0 Å². The maximum absolute atomic E-state index is 6.36. The second-order valence-electron chi connectivity index (χ2n) is 11.4. The Kier molecular flexibility index (Phi) is 16.7. The Hall–Kier alpha value is -2.26. The lowest BCUT2D eigenvalue weighted by atomic mass is 9.99. The van der Waals surface area contributed by atoms with E-state index < -0.39 is 0 Å². The molecule has 0 aliphatic rings. The van der Waals surface area contributed by atoms with E-state index in [0.29, 0.717) is 0 Å². The van der Waals surface area contributed by atoms with Crippen molar-refractivity contribution in [1.29, 1.82) is 0 Å². The lowest BCUT2D eigenvalue weighted by molar-refractivity contribution is 0.297. The third-order valence-electron chi connectivity index (χ3n) is 7.85. The molecule has 3 aromatic carbocycles. The molecule has 0 unspecified atom stereocenters. The fraction of sp³-hybridized carbons (Fsp3) is 0.526. The standard InChI is InChI=1S/C38H53BrO2/c1-3-5-7-9-11-13-15-17-29-40-36-27-28-38(41-30-18-16-14-12-10-8-6-4-2)37(31-36)34-21-19-32(20-22-34)33-23-25-35(39)26-24-33/h19-28,31H,3-18,29-30H2,1-2H3. The Balaban J connectivity index is 1.57. The van der Waals surface area contributed by atoms with Gasteiger partial charge in [-0.05, 0) is 59.9 Å². The van der Waals surface area contributed by atoms with Gasteiger partial charge < -0.3 is 9.47 Å². The number of hydrogen-bond acceptors (Lipinski definition) is 2. The highest BCUT2D eigenvalue weighted by Crippen LogP contribution is 2.35. The quantitative estimate of drug-likeness (QED) is 0.104. The smallest absolute Gasteiger partial charge is 0.127 e. The molecule has 0 atom stereocenters. The number of halogens is 1. The van der Waals surface area contributed by atoms with E-state index in [2.05, 4.69) is 96.5 Å². The molecule has 0 heterocycles. The third-order valence-corrected chi connectivity index (χ3v) is 8.38. The van der Waals surface area contributed by atoms with Crippen LogP contribution >= 0.6 is 15.9 Å². The van der Waals surface area contributed by atoms with Gasteiger partial charge in [0.1, 0.15) is 11.5 Å². The van der Waals surface area contributed by atoms with Crippen LogP contribution in [0.2, 0.25) is 0 Å². The highest BCUT2D eigenvalue weighted by atomic mass is 79.9. The minimum absolute atomic E-state index is 0.761. The van der Waals surface area contributed by atoms with Crippen LogP contribution in [0.1, 0.15) is 117 Å². The van der Waals surface area contributed by atoms with E-state index in [4.69, 9.17) is 9.47 Å². The third kappa shape index (κ3) is 13.1. The number of unbranched alkanes of at least 4 members (excludes halogenated alkanes) is 14. The van der Waals surface area contributed by atoms with Gasteiger partial charge in [0.25, 0.3) is 0 Å². The number of ether oxygens (including phenoxy) is 2. The Bertz CT molecular complexity index is 1070. The molecule has 0 radical (unpaired) electrons. The Morgan fingerprint density at radius 3 is 1.44 bits per heavy atom. The van der Waals surface area contributed by atoms with Gasteiger partial charge in [-0.3, -0.25) is 0 Å². The van der Waals surface area contributed by atoms with E-state index >= 15 is 0 Å². The minimum atomic E-state index is 0.761. The molecule has 0 aromatic heterocycles. The van der Waals surface area contributed by atoms with Gasteiger partial charge >= 0.3 is 0 Å². The van der Waals surface area contributed by atoms with Crippen LogP contribution in [0, 0.1) is 0 Å². The molecule has 224 valence electrons. The van der Waals surface area contributed by atoms with Crippen molar-refractivity contribution in [3.63, 3.8) is 0 Å². The predicted molar refractivity (Wildman–Crippen MR) is 181 cm³/mol. The zero-order valence-electron chi connectivity index (χ0n) is 25.8. The van der Waals surface area contributed by atoms with Crippen LogP contribution in [-0.4, -0.2) is 13.2 Å². The maximum Gasteiger partial charge on any atom is 0.127 e. The lowest BCUT2D eigenvalue weighted by Gasteiger charge is -2.15. The fourth-order valence-electron chi connectivity index (χ4n) is 5.28. The van der Waals surface area contributed by atoms with E-state index in [1.165, 1.54) is 101 Å². The summed E-state index contributed by atoms with van der Waals surface area (Å²) >= 11 is 3.54. The average Bonchev–Trinajstić information content (AvgIpc) is 3.00. The minimum Gasteiger partial charge on any atom is -0.494 e. The van der Waals surface area contributed by atoms with Gasteiger partial charge in [0.2, 0.25) is 0 Å². The van der Waals surface area contributed by atoms with E-state index in [1.54, 1.807) is 0 Å². The van der Waals surface area contributed by atoms with Gasteiger partial charge in [0, 0.05) is 10.0 Å². The van der Waals surface area contributed by atoms with Crippen molar-refractivity contribution >= 4 is 15.9 Å². The molecule has 0 amide bonds. The monoisotopic (exact) mass is 620 g/mol. The van der Waals surface area contributed by atoms with E-state index in [-0.39, 0.29) is 0 Å². The normalized spacial score (nSPS) is 11.1. The number of hydrogen-bond donors (Lipinski definition) is 0. The van der Waals surface area contributed by atoms with Crippen LogP contribution < -0.4 is 9.47 Å². The Labute approximate surface area is 259 Å². The Morgan fingerprint density at radius 1 is 0.463 bits per heavy atom. The summed E-state index contributed by atoms with van der Waals surface area (Å²) in [7, 11) is 0. The summed E-state index contributed by atoms with van der Waals surface area (Å²) in [6.07, 6.45) is 20.9. The SMILES string of the molecule is CCCCCCCCCCOc1ccc(OCCCCCCCCCC)c(-c2ccc(-c3ccc(Br)cc3)cc2)c1. The van der Waals surface area contributed by atoms with Crippen LogP contribution in [0.25, 0.3) is 22.3 Å². The van der Waals surface area contributed by atoms with E-state index in [0.717, 1.165) is 53.2 Å². The zero-order valence-corrected chi connectivity index (χ0v) is 27.4. The molecule has 0 aliphatic carbocycles. The summed E-state index contributed by atoms with van der Waals surface area (Å²) in [5.41, 5.74) is 4.70. The first-order valence-corrected chi connectivity index (χ1v) is 17.3. The fourth-order valence-corrected chi connectivity index (χ4v) is 5.54. The van der Waals surface area contributed by atoms with Gasteiger partial charge in [-0.1, -0.05) is 156 Å². The summed E-state index contributed by atoms with van der Waals surface area (Å²) in [6, 6.07) is 23.7. The summed E-state index contributed by atoms with van der Waals surface area (Å²) < 4.78 is 13.7. The first-order chi connectivity index (χ1) is 20.2. The molecule has 0 aliphatic heterocycles. The Morgan fingerprint density at radius 2 is 0.902 bits per heavy atom.